The lowest BCUT2D eigenvalue weighted by atomic mass is 9.85. The molecule has 4 nitrogen and oxygen atoms in total. The molecule has 1 fully saturated rings. The van der Waals surface area contributed by atoms with Crippen LogP contribution in [0.5, 0.6) is 0 Å². The van der Waals surface area contributed by atoms with E-state index in [0.717, 1.165) is 17.4 Å². The zero-order valence-electron chi connectivity index (χ0n) is 10.8. The fraction of sp³-hybridized carbons (Fsp3) is 0.692. The summed E-state index contributed by atoms with van der Waals surface area (Å²) in [6, 6.07) is 0.576. The van der Waals surface area contributed by atoms with Gasteiger partial charge in [-0.15, -0.1) is 0 Å². The molecule has 0 amide bonds. The van der Waals surface area contributed by atoms with Gasteiger partial charge in [0.05, 0.1) is 0 Å². The summed E-state index contributed by atoms with van der Waals surface area (Å²) in [6.07, 6.45) is 8.90. The highest BCUT2D eigenvalue weighted by molar-refractivity contribution is 5.30. The third kappa shape index (κ3) is 2.75. The van der Waals surface area contributed by atoms with Crippen LogP contribution in [-0.4, -0.2) is 23.1 Å². The number of rotatable bonds is 3. The molecule has 0 radical (unpaired) electrons. The maximum absolute atomic E-state index is 5.55. The van der Waals surface area contributed by atoms with Gasteiger partial charge in [0.1, 0.15) is 0 Å². The van der Waals surface area contributed by atoms with Gasteiger partial charge >= 0.3 is 0 Å². The average molecular weight is 234 g/mol. The van der Waals surface area contributed by atoms with Crippen LogP contribution in [0.3, 0.4) is 0 Å². The van der Waals surface area contributed by atoms with E-state index in [2.05, 4.69) is 28.8 Å². The van der Waals surface area contributed by atoms with Crippen LogP contribution in [0.25, 0.3) is 0 Å². The topological polar surface area (TPSA) is 55.0 Å². The van der Waals surface area contributed by atoms with Crippen LogP contribution in [-0.2, 0) is 6.54 Å². The standard InChI is InChI=1S/C13H22N4/c1-10-5-3-4-6-12(10)17(2)13-15-8-11(7-14)9-16-13/h8-10,12H,3-7,14H2,1-2H3. The molecule has 2 atom stereocenters. The van der Waals surface area contributed by atoms with Gasteiger partial charge in [-0.05, 0) is 18.8 Å². The first-order chi connectivity index (χ1) is 8.22. The quantitative estimate of drug-likeness (QED) is 0.868. The van der Waals surface area contributed by atoms with Crippen molar-refractivity contribution in [2.75, 3.05) is 11.9 Å². The van der Waals surface area contributed by atoms with Crippen molar-refractivity contribution in [3.63, 3.8) is 0 Å². The fourth-order valence-corrected chi connectivity index (χ4v) is 2.66. The molecule has 2 unspecified atom stereocenters. The molecule has 0 aliphatic heterocycles. The Balaban J connectivity index is 2.09. The van der Waals surface area contributed by atoms with Crippen molar-refractivity contribution >= 4 is 5.95 Å². The predicted octanol–water partition coefficient (Wildman–Crippen LogP) is 1.95. The van der Waals surface area contributed by atoms with E-state index in [4.69, 9.17) is 5.73 Å². The lowest BCUT2D eigenvalue weighted by Gasteiger charge is -2.36. The van der Waals surface area contributed by atoms with Crippen LogP contribution in [0, 0.1) is 5.92 Å². The molecule has 1 aliphatic carbocycles. The number of nitrogens with zero attached hydrogens (tertiary/aromatic N) is 3. The van der Waals surface area contributed by atoms with Gasteiger partial charge < -0.3 is 10.6 Å². The number of anilines is 1. The predicted molar refractivity (Wildman–Crippen MR) is 69.7 cm³/mol. The second-order valence-electron chi connectivity index (χ2n) is 5.04. The molecule has 0 aromatic carbocycles. The molecule has 0 spiro atoms. The summed E-state index contributed by atoms with van der Waals surface area (Å²) < 4.78 is 0. The van der Waals surface area contributed by atoms with Crippen LogP contribution in [0.1, 0.15) is 38.2 Å². The normalized spacial score (nSPS) is 24.6. The molecule has 1 aliphatic rings. The summed E-state index contributed by atoms with van der Waals surface area (Å²) in [6.45, 7) is 2.83. The smallest absolute Gasteiger partial charge is 0.225 e. The fourth-order valence-electron chi connectivity index (χ4n) is 2.66. The number of hydrogen-bond donors (Lipinski definition) is 1. The third-order valence-electron chi connectivity index (χ3n) is 3.81. The van der Waals surface area contributed by atoms with Gasteiger partial charge in [0.25, 0.3) is 0 Å². The zero-order chi connectivity index (χ0) is 12.3. The molecular formula is C13H22N4. The lowest BCUT2D eigenvalue weighted by molar-refractivity contribution is 0.319. The molecule has 0 bridgehead atoms. The number of nitrogens with two attached hydrogens (primary N) is 1. The van der Waals surface area contributed by atoms with Gasteiger partial charge in [0, 0.05) is 37.6 Å². The van der Waals surface area contributed by atoms with Gasteiger partial charge in [0.2, 0.25) is 5.95 Å². The molecule has 0 saturated heterocycles. The van der Waals surface area contributed by atoms with Crippen LogP contribution in [0.4, 0.5) is 5.95 Å². The second-order valence-corrected chi connectivity index (χ2v) is 5.04. The van der Waals surface area contributed by atoms with Crippen LogP contribution >= 0.6 is 0 Å². The van der Waals surface area contributed by atoms with E-state index in [-0.39, 0.29) is 0 Å². The van der Waals surface area contributed by atoms with Gasteiger partial charge in [-0.3, -0.25) is 0 Å². The highest BCUT2D eigenvalue weighted by Gasteiger charge is 2.26. The Bertz CT molecular complexity index is 349. The van der Waals surface area contributed by atoms with Gasteiger partial charge in [0.15, 0.2) is 0 Å². The van der Waals surface area contributed by atoms with Gasteiger partial charge in [-0.1, -0.05) is 19.8 Å². The third-order valence-corrected chi connectivity index (χ3v) is 3.81. The van der Waals surface area contributed by atoms with E-state index < -0.39 is 0 Å². The average Bonchev–Trinajstić information content (AvgIpc) is 2.39. The van der Waals surface area contributed by atoms with Gasteiger partial charge in [-0.2, -0.15) is 0 Å². The number of hydrogen-bond acceptors (Lipinski definition) is 4. The molecular weight excluding hydrogens is 212 g/mol. The van der Waals surface area contributed by atoms with Crippen molar-refractivity contribution < 1.29 is 0 Å². The molecule has 1 heterocycles. The minimum atomic E-state index is 0.504. The molecule has 94 valence electrons. The summed E-state index contributed by atoms with van der Waals surface area (Å²) >= 11 is 0. The summed E-state index contributed by atoms with van der Waals surface area (Å²) in [5.41, 5.74) is 6.53. The van der Waals surface area contributed by atoms with E-state index >= 15 is 0 Å². The van der Waals surface area contributed by atoms with Crippen molar-refractivity contribution in [2.45, 2.75) is 45.2 Å². The molecule has 2 rings (SSSR count). The Hall–Kier alpha value is -1.16. The first kappa shape index (κ1) is 12.3. The molecule has 1 saturated carbocycles. The van der Waals surface area contributed by atoms with Crippen molar-refractivity contribution in [1.82, 2.24) is 9.97 Å². The van der Waals surface area contributed by atoms with Crippen molar-refractivity contribution in [3.8, 4) is 0 Å². The molecule has 17 heavy (non-hydrogen) atoms. The van der Waals surface area contributed by atoms with Crippen molar-refractivity contribution in [2.24, 2.45) is 11.7 Å². The molecule has 1 aromatic heterocycles. The van der Waals surface area contributed by atoms with Crippen molar-refractivity contribution in [3.05, 3.63) is 18.0 Å². The highest BCUT2D eigenvalue weighted by atomic mass is 15.3. The Morgan fingerprint density at radius 2 is 1.94 bits per heavy atom. The highest BCUT2D eigenvalue weighted by Crippen LogP contribution is 2.28. The maximum Gasteiger partial charge on any atom is 0.225 e. The van der Waals surface area contributed by atoms with Crippen LogP contribution < -0.4 is 10.6 Å². The lowest BCUT2D eigenvalue weighted by Crippen LogP contribution is -2.39. The van der Waals surface area contributed by atoms with Gasteiger partial charge in [-0.25, -0.2) is 9.97 Å². The largest absolute Gasteiger partial charge is 0.341 e. The molecule has 2 N–H and O–H groups in total. The second kappa shape index (κ2) is 5.45. The SMILES string of the molecule is CC1CCCCC1N(C)c1ncc(CN)cn1. The summed E-state index contributed by atoms with van der Waals surface area (Å²) in [7, 11) is 2.10. The monoisotopic (exact) mass is 234 g/mol. The number of aromatic nitrogens is 2. The molecule has 1 aromatic rings. The summed E-state index contributed by atoms with van der Waals surface area (Å²) in [5, 5.41) is 0. The maximum atomic E-state index is 5.55. The zero-order valence-corrected chi connectivity index (χ0v) is 10.8. The van der Waals surface area contributed by atoms with E-state index in [1.54, 1.807) is 0 Å². The molecule has 4 heteroatoms. The first-order valence-corrected chi connectivity index (χ1v) is 6.46. The van der Waals surface area contributed by atoms with E-state index in [1.165, 1.54) is 25.7 Å². The van der Waals surface area contributed by atoms with Crippen LogP contribution in [0.2, 0.25) is 0 Å². The Kier molecular flexibility index (Phi) is 3.94. The first-order valence-electron chi connectivity index (χ1n) is 6.46. The minimum Gasteiger partial charge on any atom is -0.341 e. The Labute approximate surface area is 103 Å². The van der Waals surface area contributed by atoms with Crippen LogP contribution in [0.15, 0.2) is 12.4 Å². The van der Waals surface area contributed by atoms with E-state index in [1.807, 2.05) is 12.4 Å². The van der Waals surface area contributed by atoms with E-state index in [0.29, 0.717) is 12.6 Å². The minimum absolute atomic E-state index is 0.504. The Morgan fingerprint density at radius 3 is 2.53 bits per heavy atom. The van der Waals surface area contributed by atoms with Crippen molar-refractivity contribution in [1.29, 1.82) is 0 Å². The Morgan fingerprint density at radius 1 is 1.29 bits per heavy atom. The summed E-state index contributed by atoms with van der Waals surface area (Å²) in [5.74, 6) is 1.55. The summed E-state index contributed by atoms with van der Waals surface area (Å²) in [4.78, 5) is 11.0. The van der Waals surface area contributed by atoms with E-state index in [9.17, 15) is 0 Å².